The van der Waals surface area contributed by atoms with Gasteiger partial charge in [-0.25, -0.2) is 9.18 Å². The fourth-order valence-electron chi connectivity index (χ4n) is 2.79. The molecule has 0 spiro atoms. The fourth-order valence-corrected chi connectivity index (χ4v) is 2.79. The van der Waals surface area contributed by atoms with E-state index in [1.165, 1.54) is 18.6 Å². The first-order chi connectivity index (χ1) is 11.1. The summed E-state index contributed by atoms with van der Waals surface area (Å²) in [5, 5.41) is 9.41. The van der Waals surface area contributed by atoms with Crippen molar-refractivity contribution < 1.29 is 9.18 Å². The number of piperidine rings is 1. The lowest BCUT2D eigenvalue weighted by Gasteiger charge is -2.30. The van der Waals surface area contributed by atoms with E-state index in [0.29, 0.717) is 11.4 Å². The van der Waals surface area contributed by atoms with Gasteiger partial charge in [0, 0.05) is 26.3 Å². The summed E-state index contributed by atoms with van der Waals surface area (Å²) in [5.74, 6) is -0.373. The van der Waals surface area contributed by atoms with Gasteiger partial charge in [0.05, 0.1) is 23.3 Å². The third kappa shape index (κ3) is 3.80. The summed E-state index contributed by atoms with van der Waals surface area (Å²) >= 11 is 0. The molecule has 2 amide bonds. The molecule has 1 aromatic heterocycles. The lowest BCUT2D eigenvalue weighted by molar-refractivity contribution is 0.262. The third-order valence-electron chi connectivity index (χ3n) is 3.87. The minimum atomic E-state index is -0.415. The number of anilines is 3. The Morgan fingerprint density at radius 3 is 2.70 bits per heavy atom. The summed E-state index contributed by atoms with van der Waals surface area (Å²) in [4.78, 5) is 14.3. The van der Waals surface area contributed by atoms with Crippen LogP contribution in [0.25, 0.3) is 0 Å². The molecule has 0 saturated carbocycles. The molecule has 1 saturated heterocycles. The molecule has 2 heterocycles. The number of nitrogens with one attached hydrogen (secondary N) is 2. The molecule has 1 fully saturated rings. The highest BCUT2D eigenvalue weighted by molar-refractivity contribution is 6.01. The van der Waals surface area contributed by atoms with E-state index in [0.717, 1.165) is 31.6 Å². The second-order valence-electron chi connectivity index (χ2n) is 5.69. The highest BCUT2D eigenvalue weighted by Crippen LogP contribution is 2.29. The highest BCUT2D eigenvalue weighted by Gasteiger charge is 2.16. The van der Waals surface area contributed by atoms with Gasteiger partial charge in [0.25, 0.3) is 0 Å². The van der Waals surface area contributed by atoms with Gasteiger partial charge < -0.3 is 15.5 Å². The van der Waals surface area contributed by atoms with Gasteiger partial charge in [-0.15, -0.1) is 0 Å². The SMILES string of the molecule is Cn1cc(NC(=O)Nc2cc(F)ccc2N2CCCCC2)cn1. The van der Waals surface area contributed by atoms with Crippen molar-refractivity contribution >= 4 is 23.1 Å². The Balaban J connectivity index is 1.75. The topological polar surface area (TPSA) is 62.2 Å². The van der Waals surface area contributed by atoms with Crippen LogP contribution < -0.4 is 15.5 Å². The molecule has 0 aliphatic carbocycles. The van der Waals surface area contributed by atoms with Crippen molar-refractivity contribution in [2.75, 3.05) is 28.6 Å². The molecule has 122 valence electrons. The van der Waals surface area contributed by atoms with Crippen LogP contribution in [-0.2, 0) is 7.05 Å². The van der Waals surface area contributed by atoms with Crippen LogP contribution in [0.5, 0.6) is 0 Å². The second kappa shape index (κ2) is 6.68. The van der Waals surface area contributed by atoms with Crippen LogP contribution in [0.2, 0.25) is 0 Å². The Morgan fingerprint density at radius 2 is 2.00 bits per heavy atom. The molecule has 0 radical (unpaired) electrons. The molecule has 0 atom stereocenters. The zero-order chi connectivity index (χ0) is 16.2. The summed E-state index contributed by atoms with van der Waals surface area (Å²) in [7, 11) is 1.77. The molecule has 1 aliphatic rings. The molecule has 1 aliphatic heterocycles. The Bertz CT molecular complexity index is 694. The first kappa shape index (κ1) is 15.3. The third-order valence-corrected chi connectivity index (χ3v) is 3.87. The van der Waals surface area contributed by atoms with E-state index in [9.17, 15) is 9.18 Å². The summed E-state index contributed by atoms with van der Waals surface area (Å²) < 4.78 is 15.2. The van der Waals surface area contributed by atoms with Gasteiger partial charge in [0.2, 0.25) is 0 Å². The average Bonchev–Trinajstić information content (AvgIpc) is 2.93. The number of rotatable bonds is 3. The number of hydrogen-bond acceptors (Lipinski definition) is 3. The maximum Gasteiger partial charge on any atom is 0.323 e. The smallest absolute Gasteiger partial charge is 0.323 e. The number of benzene rings is 1. The number of halogens is 1. The first-order valence-corrected chi connectivity index (χ1v) is 7.73. The van der Waals surface area contributed by atoms with E-state index in [2.05, 4.69) is 20.6 Å². The minimum absolute atomic E-state index is 0.373. The highest BCUT2D eigenvalue weighted by atomic mass is 19.1. The Kier molecular flexibility index (Phi) is 4.45. The van der Waals surface area contributed by atoms with E-state index in [1.54, 1.807) is 30.2 Å². The molecular weight excluding hydrogens is 297 g/mol. The average molecular weight is 317 g/mol. The lowest BCUT2D eigenvalue weighted by atomic mass is 10.1. The van der Waals surface area contributed by atoms with Crippen molar-refractivity contribution in [3.63, 3.8) is 0 Å². The zero-order valence-corrected chi connectivity index (χ0v) is 13.1. The van der Waals surface area contributed by atoms with Gasteiger partial charge in [0.1, 0.15) is 5.82 Å². The maximum absolute atomic E-state index is 13.6. The van der Waals surface area contributed by atoms with Crippen molar-refractivity contribution in [2.45, 2.75) is 19.3 Å². The van der Waals surface area contributed by atoms with Crippen molar-refractivity contribution in [1.29, 1.82) is 0 Å². The Labute approximate surface area is 134 Å². The van der Waals surface area contributed by atoms with E-state index in [1.807, 2.05) is 0 Å². The second-order valence-corrected chi connectivity index (χ2v) is 5.69. The summed E-state index contributed by atoms with van der Waals surface area (Å²) in [6.07, 6.45) is 6.67. The fraction of sp³-hybridized carbons (Fsp3) is 0.375. The summed E-state index contributed by atoms with van der Waals surface area (Å²) in [6.45, 7) is 1.84. The molecule has 2 N–H and O–H groups in total. The van der Waals surface area contributed by atoms with Gasteiger partial charge in [-0.1, -0.05) is 0 Å². The van der Waals surface area contributed by atoms with Crippen LogP contribution in [-0.4, -0.2) is 28.9 Å². The van der Waals surface area contributed by atoms with Crippen LogP contribution >= 0.6 is 0 Å². The minimum Gasteiger partial charge on any atom is -0.370 e. The van der Waals surface area contributed by atoms with Gasteiger partial charge in [0.15, 0.2) is 0 Å². The monoisotopic (exact) mass is 317 g/mol. The molecule has 6 nitrogen and oxygen atoms in total. The number of aryl methyl sites for hydroxylation is 1. The number of nitrogens with zero attached hydrogens (tertiary/aromatic N) is 3. The number of urea groups is 1. The normalized spacial score (nSPS) is 14.6. The van der Waals surface area contributed by atoms with E-state index < -0.39 is 6.03 Å². The van der Waals surface area contributed by atoms with Crippen LogP contribution in [0.3, 0.4) is 0 Å². The van der Waals surface area contributed by atoms with Gasteiger partial charge >= 0.3 is 6.03 Å². The van der Waals surface area contributed by atoms with Crippen LogP contribution in [0, 0.1) is 5.82 Å². The molecule has 0 unspecified atom stereocenters. The Hall–Kier alpha value is -2.57. The molecular formula is C16H20FN5O. The quantitative estimate of drug-likeness (QED) is 0.914. The van der Waals surface area contributed by atoms with Gasteiger partial charge in [-0.2, -0.15) is 5.10 Å². The van der Waals surface area contributed by atoms with Gasteiger partial charge in [-0.05, 0) is 37.5 Å². The van der Waals surface area contributed by atoms with Crippen molar-refractivity contribution in [2.24, 2.45) is 7.05 Å². The standard InChI is InChI=1S/C16H20FN5O/c1-21-11-13(10-18-21)19-16(23)20-14-9-12(17)5-6-15(14)22-7-3-2-4-8-22/h5-6,9-11H,2-4,7-8H2,1H3,(H2,19,20,23). The van der Waals surface area contributed by atoms with Crippen LogP contribution in [0.15, 0.2) is 30.6 Å². The predicted molar refractivity (Wildman–Crippen MR) is 88.3 cm³/mol. The number of aromatic nitrogens is 2. The van der Waals surface area contributed by atoms with Crippen molar-refractivity contribution in [3.8, 4) is 0 Å². The first-order valence-electron chi connectivity index (χ1n) is 7.73. The molecule has 2 aromatic rings. The molecule has 0 bridgehead atoms. The molecule has 1 aromatic carbocycles. The molecule has 7 heteroatoms. The zero-order valence-electron chi connectivity index (χ0n) is 13.1. The number of carbonyl (C=O) groups excluding carboxylic acids is 1. The van der Waals surface area contributed by atoms with Gasteiger partial charge in [-0.3, -0.25) is 4.68 Å². The van der Waals surface area contributed by atoms with E-state index in [-0.39, 0.29) is 5.82 Å². The van der Waals surface area contributed by atoms with Crippen LogP contribution in [0.4, 0.5) is 26.2 Å². The number of amides is 2. The Morgan fingerprint density at radius 1 is 1.22 bits per heavy atom. The predicted octanol–water partition coefficient (Wildman–Crippen LogP) is 3.19. The van der Waals surface area contributed by atoms with Crippen molar-refractivity contribution in [3.05, 3.63) is 36.4 Å². The number of carbonyl (C=O) groups is 1. The van der Waals surface area contributed by atoms with Crippen molar-refractivity contribution in [1.82, 2.24) is 9.78 Å². The van der Waals surface area contributed by atoms with Crippen LogP contribution in [0.1, 0.15) is 19.3 Å². The van der Waals surface area contributed by atoms with E-state index in [4.69, 9.17) is 0 Å². The number of hydrogen-bond donors (Lipinski definition) is 2. The van der Waals surface area contributed by atoms with E-state index >= 15 is 0 Å². The molecule has 3 rings (SSSR count). The summed E-state index contributed by atoms with van der Waals surface area (Å²) in [6, 6.07) is 4.09. The lowest BCUT2D eigenvalue weighted by Crippen LogP contribution is -2.31. The molecule has 23 heavy (non-hydrogen) atoms. The summed E-state index contributed by atoms with van der Waals surface area (Å²) in [5.41, 5.74) is 1.92. The maximum atomic E-state index is 13.6. The largest absolute Gasteiger partial charge is 0.370 e.